The van der Waals surface area contributed by atoms with E-state index in [2.05, 4.69) is 5.32 Å². The van der Waals surface area contributed by atoms with E-state index >= 15 is 0 Å². The molecule has 4 rings (SSSR count). The lowest BCUT2D eigenvalue weighted by atomic mass is 9.81. The van der Waals surface area contributed by atoms with E-state index < -0.39 is 41.5 Å². The van der Waals surface area contributed by atoms with Gasteiger partial charge in [-0.15, -0.1) is 0 Å². The summed E-state index contributed by atoms with van der Waals surface area (Å²) in [6, 6.07) is 8.82. The molecule has 0 unspecified atom stereocenters. The second kappa shape index (κ2) is 13.0. The molecule has 1 aromatic carbocycles. The number of nitrogens with zero attached hydrogens (tertiary/aromatic N) is 2. The number of amides is 3. The molecule has 1 aliphatic carbocycles. The van der Waals surface area contributed by atoms with Gasteiger partial charge in [0.1, 0.15) is 5.54 Å². The highest BCUT2D eigenvalue weighted by Gasteiger charge is 2.66. The van der Waals surface area contributed by atoms with Crippen molar-refractivity contribution in [3.63, 3.8) is 0 Å². The number of ether oxygens (including phenoxy) is 1. The minimum absolute atomic E-state index is 0.00776. The van der Waals surface area contributed by atoms with E-state index in [0.29, 0.717) is 6.54 Å². The van der Waals surface area contributed by atoms with Crippen LogP contribution in [0.1, 0.15) is 51.5 Å². The van der Waals surface area contributed by atoms with Crippen molar-refractivity contribution in [2.75, 3.05) is 20.2 Å². The third-order valence-electron chi connectivity index (χ3n) is 8.08. The van der Waals surface area contributed by atoms with Crippen LogP contribution in [0.25, 0.3) is 0 Å². The Morgan fingerprint density at radius 1 is 1.10 bits per heavy atom. The summed E-state index contributed by atoms with van der Waals surface area (Å²) < 4.78 is 36.8. The van der Waals surface area contributed by atoms with Crippen LogP contribution in [0.3, 0.4) is 0 Å². The molecule has 0 aromatic heterocycles. The molecule has 2 saturated heterocycles. The summed E-state index contributed by atoms with van der Waals surface area (Å²) in [5.41, 5.74) is -0.494. The van der Waals surface area contributed by atoms with Crippen molar-refractivity contribution in [3.05, 3.63) is 35.9 Å². The maximum absolute atomic E-state index is 13.6. The number of hydrogen-bond donors (Lipinski definition) is 2. The highest BCUT2D eigenvalue weighted by atomic mass is 19.4. The van der Waals surface area contributed by atoms with Gasteiger partial charge in [0.15, 0.2) is 0 Å². The molecule has 4 atom stereocenters. The van der Waals surface area contributed by atoms with Gasteiger partial charge in [0, 0.05) is 25.0 Å². The van der Waals surface area contributed by atoms with Gasteiger partial charge >= 0.3 is 18.1 Å². The number of fused-ring (bicyclic) bond motifs is 1. The Balaban J connectivity index is 0.000000587. The van der Waals surface area contributed by atoms with E-state index in [1.807, 2.05) is 37.3 Å². The first kappa shape index (κ1) is 32.0. The molecule has 2 heterocycles. The van der Waals surface area contributed by atoms with Crippen LogP contribution in [-0.4, -0.2) is 82.5 Å². The maximum atomic E-state index is 13.6. The third-order valence-corrected chi connectivity index (χ3v) is 8.08. The lowest BCUT2D eigenvalue weighted by molar-refractivity contribution is -0.192. The molecule has 1 aromatic rings. The van der Waals surface area contributed by atoms with Crippen molar-refractivity contribution in [1.82, 2.24) is 15.1 Å². The normalized spacial score (nSPS) is 26.2. The summed E-state index contributed by atoms with van der Waals surface area (Å²) in [6.07, 6.45) is -0.0250. The van der Waals surface area contributed by atoms with E-state index in [9.17, 15) is 32.3 Å². The van der Waals surface area contributed by atoms with Crippen molar-refractivity contribution >= 4 is 29.7 Å². The number of esters is 1. The molecule has 10 nitrogen and oxygen atoms in total. The van der Waals surface area contributed by atoms with E-state index in [1.54, 1.807) is 11.8 Å². The van der Waals surface area contributed by atoms with Crippen LogP contribution >= 0.6 is 0 Å². The van der Waals surface area contributed by atoms with Crippen molar-refractivity contribution in [1.29, 1.82) is 0 Å². The van der Waals surface area contributed by atoms with Crippen molar-refractivity contribution in [2.24, 2.45) is 17.8 Å². The number of alkyl halides is 3. The molecule has 3 amide bonds. The Kier molecular flexibility index (Phi) is 10.2. The number of rotatable bonds is 7. The zero-order valence-electron chi connectivity index (χ0n) is 23.3. The van der Waals surface area contributed by atoms with Crippen LogP contribution in [0.5, 0.6) is 0 Å². The molecule has 3 aliphatic rings. The summed E-state index contributed by atoms with van der Waals surface area (Å²) in [5, 5.41) is 10.4. The first-order valence-corrected chi connectivity index (χ1v) is 13.6. The Labute approximate surface area is 236 Å². The molecule has 2 aliphatic heterocycles. The molecule has 13 heteroatoms. The quantitative estimate of drug-likeness (QED) is 0.370. The van der Waals surface area contributed by atoms with Crippen LogP contribution in [0.15, 0.2) is 30.3 Å². The van der Waals surface area contributed by atoms with Crippen LogP contribution in [0.4, 0.5) is 13.2 Å². The van der Waals surface area contributed by atoms with Gasteiger partial charge in [0.25, 0.3) is 0 Å². The van der Waals surface area contributed by atoms with Crippen LogP contribution < -0.4 is 5.32 Å². The van der Waals surface area contributed by atoms with Gasteiger partial charge < -0.3 is 14.7 Å². The SMILES string of the molecule is CCN(C[C@H]1N[C@@](C)(C(=O)OC)[C@H]2C(=O)N(Cc3ccccc3)C(=O)[C@@H]12)C(=O)C1CCCCC1.O=C(O)C(F)(F)F. The number of methoxy groups -OCH3 is 1. The number of halogens is 3. The molecule has 0 spiro atoms. The molecule has 41 heavy (non-hydrogen) atoms. The maximum Gasteiger partial charge on any atom is 0.490 e. The van der Waals surface area contributed by atoms with Crippen molar-refractivity contribution in [3.8, 4) is 0 Å². The number of carboxylic acid groups (broad SMARTS) is 1. The number of likely N-dealkylation sites (tertiary alicyclic amines) is 1. The molecule has 0 radical (unpaired) electrons. The Morgan fingerprint density at radius 3 is 2.20 bits per heavy atom. The van der Waals surface area contributed by atoms with Gasteiger partial charge in [-0.2, -0.15) is 13.2 Å². The smallest absolute Gasteiger partial charge is 0.475 e. The van der Waals surface area contributed by atoms with E-state index in [0.717, 1.165) is 37.7 Å². The highest BCUT2D eigenvalue weighted by molar-refractivity contribution is 6.09. The number of imide groups is 1. The summed E-state index contributed by atoms with van der Waals surface area (Å²) >= 11 is 0. The number of aliphatic carboxylic acids is 1. The fourth-order valence-electron chi connectivity index (χ4n) is 6.03. The Bertz CT molecular complexity index is 1140. The number of carbonyl (C=O) groups excluding carboxylic acids is 4. The van der Waals surface area contributed by atoms with E-state index in [1.165, 1.54) is 12.0 Å². The van der Waals surface area contributed by atoms with Gasteiger partial charge in [0.2, 0.25) is 17.7 Å². The average molecular weight is 584 g/mol. The van der Waals surface area contributed by atoms with E-state index in [-0.39, 0.29) is 36.7 Å². The number of likely N-dealkylation sites (N-methyl/N-ethyl adjacent to an activating group) is 1. The first-order valence-electron chi connectivity index (χ1n) is 13.6. The minimum atomic E-state index is -5.08. The van der Waals surface area contributed by atoms with Crippen molar-refractivity contribution in [2.45, 2.75) is 70.3 Å². The molecule has 2 N–H and O–H groups in total. The molecule has 226 valence electrons. The summed E-state index contributed by atoms with van der Waals surface area (Å²) in [6.45, 7) is 4.50. The molecular formula is C28H36F3N3O7. The number of benzene rings is 1. The lowest BCUT2D eigenvalue weighted by Crippen LogP contribution is -2.56. The van der Waals surface area contributed by atoms with Gasteiger partial charge in [-0.05, 0) is 32.3 Å². The number of carbonyl (C=O) groups is 5. The zero-order chi connectivity index (χ0) is 30.5. The second-order valence-electron chi connectivity index (χ2n) is 10.7. The number of hydrogen-bond acceptors (Lipinski definition) is 7. The summed E-state index contributed by atoms with van der Waals surface area (Å²) in [4.78, 5) is 65.1. The standard InChI is InChI=1S/C26H35N3O5.C2HF3O2/c1-4-28(22(30)18-13-9-6-10-14-18)16-19-20-21(26(2,27-19)25(33)34-3)24(32)29(23(20)31)15-17-11-7-5-8-12-17;3-2(4,5)1(6)7/h5,7-8,11-12,18-21,27H,4,6,9-10,13-16H2,1-3H3;(H,6,7)/t19-,20+,21-,26-;/m1./s1. The topological polar surface area (TPSA) is 133 Å². The first-order chi connectivity index (χ1) is 19.3. The molecular weight excluding hydrogens is 547 g/mol. The highest BCUT2D eigenvalue weighted by Crippen LogP contribution is 2.44. The van der Waals surface area contributed by atoms with E-state index in [4.69, 9.17) is 14.6 Å². The Hall–Kier alpha value is -3.48. The fourth-order valence-corrected chi connectivity index (χ4v) is 6.03. The monoisotopic (exact) mass is 583 g/mol. The summed E-state index contributed by atoms with van der Waals surface area (Å²) in [7, 11) is 1.28. The average Bonchev–Trinajstić information content (AvgIpc) is 3.39. The fraction of sp³-hybridized carbons (Fsp3) is 0.607. The van der Waals surface area contributed by atoms with Gasteiger partial charge in [-0.3, -0.25) is 29.4 Å². The van der Waals surface area contributed by atoms with Gasteiger partial charge in [-0.25, -0.2) is 4.79 Å². The van der Waals surface area contributed by atoms with Crippen LogP contribution in [-0.2, 0) is 35.3 Å². The predicted octanol–water partition coefficient (Wildman–Crippen LogP) is 2.75. The largest absolute Gasteiger partial charge is 0.490 e. The minimum Gasteiger partial charge on any atom is -0.475 e. The van der Waals surface area contributed by atoms with Crippen LogP contribution in [0, 0.1) is 17.8 Å². The molecule has 0 bridgehead atoms. The zero-order valence-corrected chi connectivity index (χ0v) is 23.3. The lowest BCUT2D eigenvalue weighted by Gasteiger charge is -2.33. The number of carboxylic acids is 1. The van der Waals surface area contributed by atoms with Gasteiger partial charge in [-0.1, -0.05) is 49.6 Å². The third kappa shape index (κ3) is 6.88. The van der Waals surface area contributed by atoms with Gasteiger partial charge in [0.05, 0.1) is 25.5 Å². The summed E-state index contributed by atoms with van der Waals surface area (Å²) in [5.74, 6) is -5.49. The van der Waals surface area contributed by atoms with Crippen LogP contribution in [0.2, 0.25) is 0 Å². The molecule has 1 saturated carbocycles. The predicted molar refractivity (Wildman–Crippen MR) is 139 cm³/mol. The van der Waals surface area contributed by atoms with Crippen molar-refractivity contribution < 1.29 is 47.0 Å². The Morgan fingerprint density at radius 2 is 1.68 bits per heavy atom. The number of nitrogens with one attached hydrogen (secondary N) is 1. The molecule has 3 fully saturated rings. The second-order valence-corrected chi connectivity index (χ2v) is 10.7.